The van der Waals surface area contributed by atoms with Crippen LogP contribution in [0.5, 0.6) is 0 Å². The molecular formula is C13H19NO5S2. The molecule has 0 spiro atoms. The van der Waals surface area contributed by atoms with Crippen molar-refractivity contribution in [3.8, 4) is 0 Å². The Morgan fingerprint density at radius 2 is 2.24 bits per heavy atom. The highest BCUT2D eigenvalue weighted by molar-refractivity contribution is 7.91. The van der Waals surface area contributed by atoms with Crippen molar-refractivity contribution in [1.82, 2.24) is 4.72 Å². The van der Waals surface area contributed by atoms with E-state index < -0.39 is 16.0 Å². The minimum Gasteiger partial charge on any atom is -0.477 e. The highest BCUT2D eigenvalue weighted by atomic mass is 32.2. The number of carboxylic acids is 1. The number of hydrogen-bond acceptors (Lipinski definition) is 5. The zero-order valence-electron chi connectivity index (χ0n) is 11.8. The number of sulfonamides is 1. The molecule has 21 heavy (non-hydrogen) atoms. The van der Waals surface area contributed by atoms with E-state index in [0.29, 0.717) is 24.5 Å². The van der Waals surface area contributed by atoms with Crippen molar-refractivity contribution in [3.05, 3.63) is 16.5 Å². The van der Waals surface area contributed by atoms with Crippen LogP contribution in [0.3, 0.4) is 0 Å². The fourth-order valence-electron chi connectivity index (χ4n) is 1.78. The first-order valence-electron chi connectivity index (χ1n) is 6.81. The molecule has 0 bridgehead atoms. The lowest BCUT2D eigenvalue weighted by molar-refractivity contribution is 0.0701. The Hall–Kier alpha value is -0.960. The van der Waals surface area contributed by atoms with Crippen LogP contribution in [0.25, 0.3) is 0 Å². The summed E-state index contributed by atoms with van der Waals surface area (Å²) in [6.07, 6.45) is 3.06. The number of hydrogen-bond donors (Lipinski definition) is 2. The van der Waals surface area contributed by atoms with Gasteiger partial charge in [0.2, 0.25) is 10.0 Å². The third-order valence-electron chi connectivity index (χ3n) is 3.16. The normalized spacial score (nSPS) is 15.3. The second kappa shape index (κ2) is 6.87. The maximum Gasteiger partial charge on any atom is 0.346 e. The summed E-state index contributed by atoms with van der Waals surface area (Å²) >= 11 is 0.774. The Kier molecular flexibility index (Phi) is 5.37. The van der Waals surface area contributed by atoms with Crippen molar-refractivity contribution in [3.63, 3.8) is 0 Å². The van der Waals surface area contributed by atoms with Gasteiger partial charge >= 0.3 is 5.97 Å². The van der Waals surface area contributed by atoms with E-state index >= 15 is 0 Å². The Bertz CT molecular complexity index is 604. The summed E-state index contributed by atoms with van der Waals surface area (Å²) in [6.45, 7) is 3.17. The van der Waals surface area contributed by atoms with E-state index in [0.717, 1.165) is 17.9 Å². The Morgan fingerprint density at radius 3 is 2.81 bits per heavy atom. The molecule has 0 amide bonds. The molecule has 8 heteroatoms. The topological polar surface area (TPSA) is 92.7 Å². The molecule has 1 aliphatic carbocycles. The minimum absolute atomic E-state index is 0.0382. The van der Waals surface area contributed by atoms with Gasteiger partial charge in [0.1, 0.15) is 9.09 Å². The third kappa shape index (κ3) is 4.77. The maximum atomic E-state index is 12.0. The monoisotopic (exact) mass is 333 g/mol. The second-order valence-electron chi connectivity index (χ2n) is 5.15. The van der Waals surface area contributed by atoms with Gasteiger partial charge in [0.05, 0.1) is 0 Å². The fraction of sp³-hybridized carbons (Fsp3) is 0.615. The molecule has 0 aromatic carbocycles. The molecule has 1 heterocycles. The molecular weight excluding hydrogens is 314 g/mol. The summed E-state index contributed by atoms with van der Waals surface area (Å²) in [6, 6.07) is 1.39. The van der Waals surface area contributed by atoms with Crippen LogP contribution in [0.2, 0.25) is 0 Å². The van der Waals surface area contributed by atoms with E-state index in [1.807, 2.05) is 0 Å². The number of aryl methyl sites for hydroxylation is 1. The smallest absolute Gasteiger partial charge is 0.346 e. The van der Waals surface area contributed by atoms with Crippen molar-refractivity contribution in [2.45, 2.75) is 30.4 Å². The van der Waals surface area contributed by atoms with E-state index in [-0.39, 0.29) is 15.6 Å². The largest absolute Gasteiger partial charge is 0.477 e. The van der Waals surface area contributed by atoms with Gasteiger partial charge in [-0.25, -0.2) is 17.9 Å². The lowest BCUT2D eigenvalue weighted by atomic mass is 10.3. The van der Waals surface area contributed by atoms with Gasteiger partial charge in [-0.15, -0.1) is 11.3 Å². The summed E-state index contributed by atoms with van der Waals surface area (Å²) in [5.74, 6) is -0.405. The summed E-state index contributed by atoms with van der Waals surface area (Å²) in [5, 5.41) is 8.95. The minimum atomic E-state index is -3.64. The van der Waals surface area contributed by atoms with Crippen LogP contribution in [0, 0.1) is 12.8 Å². The lowest BCUT2D eigenvalue weighted by Crippen LogP contribution is -2.25. The number of carbonyl (C=O) groups is 1. The van der Waals surface area contributed by atoms with Gasteiger partial charge < -0.3 is 9.84 Å². The standard InChI is InChI=1S/C13H19NO5S2/c1-9-7-11(20-12(9)13(15)16)21(17,18)14-5-2-6-19-8-10-3-4-10/h7,10,14H,2-6,8H2,1H3,(H,15,16). The molecule has 2 N–H and O–H groups in total. The van der Waals surface area contributed by atoms with Gasteiger partial charge in [-0.2, -0.15) is 0 Å². The summed E-state index contributed by atoms with van der Waals surface area (Å²) in [4.78, 5) is 11.0. The van der Waals surface area contributed by atoms with Crippen LogP contribution in [-0.4, -0.2) is 39.3 Å². The number of aromatic carboxylic acids is 1. The molecule has 1 saturated carbocycles. The fourth-order valence-corrected chi connectivity index (χ4v) is 4.28. The number of ether oxygens (including phenoxy) is 1. The molecule has 1 fully saturated rings. The number of thiophene rings is 1. The highest BCUT2D eigenvalue weighted by Gasteiger charge is 2.22. The first kappa shape index (κ1) is 16.4. The van der Waals surface area contributed by atoms with Gasteiger partial charge in [-0.3, -0.25) is 0 Å². The zero-order valence-corrected chi connectivity index (χ0v) is 13.4. The molecule has 2 rings (SSSR count). The molecule has 6 nitrogen and oxygen atoms in total. The summed E-state index contributed by atoms with van der Waals surface area (Å²) < 4.78 is 32.0. The maximum absolute atomic E-state index is 12.0. The number of nitrogens with one attached hydrogen (secondary N) is 1. The van der Waals surface area contributed by atoms with Crippen molar-refractivity contribution < 1.29 is 23.1 Å². The van der Waals surface area contributed by atoms with E-state index in [1.165, 1.54) is 18.9 Å². The quantitative estimate of drug-likeness (QED) is 0.673. The van der Waals surface area contributed by atoms with E-state index in [1.54, 1.807) is 6.92 Å². The van der Waals surface area contributed by atoms with Crippen molar-refractivity contribution >= 4 is 27.3 Å². The predicted molar refractivity (Wildman–Crippen MR) is 79.4 cm³/mol. The summed E-state index contributed by atoms with van der Waals surface area (Å²) in [5.41, 5.74) is 0.459. The first-order chi connectivity index (χ1) is 9.90. The molecule has 0 atom stereocenters. The number of carboxylic acid groups (broad SMARTS) is 1. The Morgan fingerprint density at radius 1 is 1.52 bits per heavy atom. The van der Waals surface area contributed by atoms with E-state index in [9.17, 15) is 13.2 Å². The Balaban J connectivity index is 1.80. The first-order valence-corrected chi connectivity index (χ1v) is 9.11. The van der Waals surface area contributed by atoms with Gasteiger partial charge in [0.25, 0.3) is 0 Å². The molecule has 0 unspecified atom stereocenters. The molecule has 1 aromatic heterocycles. The average molecular weight is 333 g/mol. The van der Waals surface area contributed by atoms with Crippen molar-refractivity contribution in [1.29, 1.82) is 0 Å². The van der Waals surface area contributed by atoms with Crippen LogP contribution < -0.4 is 4.72 Å². The van der Waals surface area contributed by atoms with Crippen LogP contribution >= 0.6 is 11.3 Å². The van der Waals surface area contributed by atoms with Crippen LogP contribution in [0.1, 0.15) is 34.5 Å². The predicted octanol–water partition coefficient (Wildman–Crippen LogP) is 1.85. The molecule has 0 radical (unpaired) electrons. The Labute approximate surface area is 128 Å². The van der Waals surface area contributed by atoms with E-state index in [2.05, 4.69) is 4.72 Å². The summed E-state index contributed by atoms with van der Waals surface area (Å²) in [7, 11) is -3.64. The average Bonchev–Trinajstić information content (AvgIpc) is 3.13. The molecule has 0 saturated heterocycles. The third-order valence-corrected chi connectivity index (χ3v) is 6.32. The van der Waals surface area contributed by atoms with E-state index in [4.69, 9.17) is 9.84 Å². The number of rotatable bonds is 9. The van der Waals surface area contributed by atoms with Crippen LogP contribution in [-0.2, 0) is 14.8 Å². The van der Waals surface area contributed by atoms with Gasteiger partial charge in [0.15, 0.2) is 0 Å². The second-order valence-corrected chi connectivity index (χ2v) is 8.20. The van der Waals surface area contributed by atoms with Gasteiger partial charge in [0, 0.05) is 19.8 Å². The van der Waals surface area contributed by atoms with Crippen LogP contribution in [0.4, 0.5) is 0 Å². The lowest BCUT2D eigenvalue weighted by Gasteiger charge is -2.05. The highest BCUT2D eigenvalue weighted by Crippen LogP contribution is 2.28. The molecule has 118 valence electrons. The molecule has 1 aliphatic rings. The van der Waals surface area contributed by atoms with Crippen molar-refractivity contribution in [2.75, 3.05) is 19.8 Å². The van der Waals surface area contributed by atoms with Crippen molar-refractivity contribution in [2.24, 2.45) is 5.92 Å². The zero-order chi connectivity index (χ0) is 15.5. The molecule has 0 aliphatic heterocycles. The SMILES string of the molecule is Cc1cc(S(=O)(=O)NCCCOCC2CC2)sc1C(=O)O. The van der Waals surface area contributed by atoms with Gasteiger partial charge in [-0.1, -0.05) is 0 Å². The van der Waals surface area contributed by atoms with Crippen LogP contribution in [0.15, 0.2) is 10.3 Å². The van der Waals surface area contributed by atoms with Gasteiger partial charge in [-0.05, 0) is 43.7 Å². The molecule has 1 aromatic rings.